The summed E-state index contributed by atoms with van der Waals surface area (Å²) in [4.78, 5) is 38.8. The second-order valence-corrected chi connectivity index (χ2v) is 10.4. The topological polar surface area (TPSA) is 104 Å². The van der Waals surface area contributed by atoms with Crippen LogP contribution in [0.1, 0.15) is 41.5 Å². The van der Waals surface area contributed by atoms with Crippen molar-refractivity contribution in [3.63, 3.8) is 0 Å². The average molecular weight is 490 g/mol. The van der Waals surface area contributed by atoms with Gasteiger partial charge in [-0.2, -0.15) is 4.31 Å². The van der Waals surface area contributed by atoms with Gasteiger partial charge in [0.25, 0.3) is 5.91 Å². The van der Waals surface area contributed by atoms with Crippen LogP contribution in [0.2, 0.25) is 0 Å². The number of sulfonamides is 1. The SMILES string of the molecule is CC(=O)c1ccc(S(=O)(=O)N2CCN(C(=O)[C@@H](NC(=O)c3ccc(F)cc3)C(C)C)CC2)cc1. The monoisotopic (exact) mass is 489 g/mol. The van der Waals surface area contributed by atoms with Gasteiger partial charge in [0.15, 0.2) is 5.78 Å². The van der Waals surface area contributed by atoms with Gasteiger partial charge in [-0.25, -0.2) is 12.8 Å². The number of ketones is 1. The molecule has 2 aromatic carbocycles. The van der Waals surface area contributed by atoms with Crippen LogP contribution in [0.25, 0.3) is 0 Å². The number of carbonyl (C=O) groups is 3. The lowest BCUT2D eigenvalue weighted by molar-refractivity contribution is -0.135. The molecule has 0 aromatic heterocycles. The van der Waals surface area contributed by atoms with Crippen molar-refractivity contribution >= 4 is 27.6 Å². The number of benzene rings is 2. The van der Waals surface area contributed by atoms with Gasteiger partial charge in [0.2, 0.25) is 15.9 Å². The van der Waals surface area contributed by atoms with Gasteiger partial charge in [-0.3, -0.25) is 14.4 Å². The summed E-state index contributed by atoms with van der Waals surface area (Å²) in [6.45, 7) is 5.60. The number of nitrogens with one attached hydrogen (secondary N) is 1. The maximum absolute atomic E-state index is 13.1. The molecule has 34 heavy (non-hydrogen) atoms. The largest absolute Gasteiger partial charge is 0.340 e. The molecule has 0 radical (unpaired) electrons. The molecule has 1 fully saturated rings. The Morgan fingerprint density at radius 2 is 1.41 bits per heavy atom. The molecule has 1 saturated heterocycles. The number of carbonyl (C=O) groups excluding carboxylic acids is 3. The highest BCUT2D eigenvalue weighted by atomic mass is 32.2. The highest BCUT2D eigenvalue weighted by Gasteiger charge is 2.34. The number of halogens is 1. The summed E-state index contributed by atoms with van der Waals surface area (Å²) in [6, 6.07) is 10.0. The van der Waals surface area contributed by atoms with Crippen LogP contribution in [0.4, 0.5) is 4.39 Å². The summed E-state index contributed by atoms with van der Waals surface area (Å²) in [7, 11) is -3.77. The number of Topliss-reactive ketones (excluding diaryl/α,β-unsaturated/α-hetero) is 1. The Bertz CT molecular complexity index is 1160. The predicted molar refractivity (Wildman–Crippen MR) is 124 cm³/mol. The van der Waals surface area contributed by atoms with Gasteiger partial charge in [-0.05, 0) is 49.2 Å². The summed E-state index contributed by atoms with van der Waals surface area (Å²) >= 11 is 0. The Hall–Kier alpha value is -3.11. The molecule has 1 aliphatic rings. The molecule has 2 amide bonds. The first-order chi connectivity index (χ1) is 16.0. The molecule has 2 aromatic rings. The van der Waals surface area contributed by atoms with Crippen LogP contribution in [0.5, 0.6) is 0 Å². The van der Waals surface area contributed by atoms with E-state index < -0.39 is 27.8 Å². The summed E-state index contributed by atoms with van der Waals surface area (Å²) in [6.07, 6.45) is 0. The van der Waals surface area contributed by atoms with Crippen LogP contribution in [0.3, 0.4) is 0 Å². The predicted octanol–water partition coefficient (Wildman–Crippen LogP) is 2.32. The van der Waals surface area contributed by atoms with E-state index in [4.69, 9.17) is 0 Å². The van der Waals surface area contributed by atoms with Crippen molar-refractivity contribution < 1.29 is 27.2 Å². The van der Waals surface area contributed by atoms with Crippen molar-refractivity contribution in [3.8, 4) is 0 Å². The fraction of sp³-hybridized carbons (Fsp3) is 0.375. The molecule has 0 bridgehead atoms. The molecule has 8 nitrogen and oxygen atoms in total. The van der Waals surface area contributed by atoms with Gasteiger partial charge >= 0.3 is 0 Å². The zero-order valence-electron chi connectivity index (χ0n) is 19.3. The van der Waals surface area contributed by atoms with E-state index >= 15 is 0 Å². The summed E-state index contributed by atoms with van der Waals surface area (Å²) in [5.74, 6) is -1.60. The number of nitrogens with zero attached hydrogens (tertiary/aromatic N) is 2. The molecule has 0 aliphatic carbocycles. The van der Waals surface area contributed by atoms with E-state index in [0.717, 1.165) is 0 Å². The van der Waals surface area contributed by atoms with E-state index in [-0.39, 0.29) is 54.2 Å². The van der Waals surface area contributed by atoms with Crippen LogP contribution in [-0.4, -0.2) is 67.4 Å². The second-order valence-electron chi connectivity index (χ2n) is 8.51. The normalized spacial score (nSPS) is 15.7. The minimum Gasteiger partial charge on any atom is -0.340 e. The van der Waals surface area contributed by atoms with E-state index in [9.17, 15) is 27.2 Å². The summed E-state index contributed by atoms with van der Waals surface area (Å²) in [5, 5.41) is 2.72. The Labute approximate surface area is 198 Å². The van der Waals surface area contributed by atoms with Crippen LogP contribution in [0, 0.1) is 11.7 Å². The molecule has 10 heteroatoms. The van der Waals surface area contributed by atoms with E-state index in [1.54, 1.807) is 18.7 Å². The van der Waals surface area contributed by atoms with Crippen LogP contribution >= 0.6 is 0 Å². The summed E-state index contributed by atoms with van der Waals surface area (Å²) < 4.78 is 40.4. The van der Waals surface area contributed by atoms with Crippen LogP contribution in [0.15, 0.2) is 53.4 Å². The minimum absolute atomic E-state index is 0.0869. The highest BCUT2D eigenvalue weighted by Crippen LogP contribution is 2.19. The quantitative estimate of drug-likeness (QED) is 0.601. The van der Waals surface area contributed by atoms with Gasteiger partial charge in [0, 0.05) is 37.3 Å². The Morgan fingerprint density at radius 3 is 1.91 bits per heavy atom. The fourth-order valence-corrected chi connectivity index (χ4v) is 5.12. The lowest BCUT2D eigenvalue weighted by Crippen LogP contribution is -2.57. The van der Waals surface area contributed by atoms with Crippen molar-refractivity contribution in [2.24, 2.45) is 5.92 Å². The molecule has 0 saturated carbocycles. The first kappa shape index (κ1) is 25.5. The van der Waals surface area contributed by atoms with Gasteiger partial charge in [0.1, 0.15) is 11.9 Å². The molecule has 1 aliphatic heterocycles. The number of hydrogen-bond acceptors (Lipinski definition) is 5. The van der Waals surface area contributed by atoms with E-state index in [1.807, 2.05) is 0 Å². The third-order valence-corrected chi connectivity index (χ3v) is 7.69. The third-order valence-electron chi connectivity index (χ3n) is 5.77. The Morgan fingerprint density at radius 1 is 0.882 bits per heavy atom. The van der Waals surface area contributed by atoms with Gasteiger partial charge in [0.05, 0.1) is 4.90 Å². The lowest BCUT2D eigenvalue weighted by atomic mass is 10.0. The van der Waals surface area contributed by atoms with Gasteiger partial charge in [-0.1, -0.05) is 26.0 Å². The zero-order chi connectivity index (χ0) is 25.0. The van der Waals surface area contributed by atoms with Crippen LogP contribution < -0.4 is 5.32 Å². The molecule has 1 heterocycles. The zero-order valence-corrected chi connectivity index (χ0v) is 20.1. The molecule has 1 atom stereocenters. The molecular formula is C24H28FN3O5S. The van der Waals surface area contributed by atoms with Gasteiger partial charge in [-0.15, -0.1) is 0 Å². The average Bonchev–Trinajstić information content (AvgIpc) is 2.82. The van der Waals surface area contributed by atoms with Crippen molar-refractivity contribution in [2.75, 3.05) is 26.2 Å². The summed E-state index contributed by atoms with van der Waals surface area (Å²) in [5.41, 5.74) is 0.670. The first-order valence-electron chi connectivity index (χ1n) is 11.0. The first-order valence-corrected chi connectivity index (χ1v) is 12.4. The Balaban J connectivity index is 1.65. The van der Waals surface area contributed by atoms with Crippen LogP contribution in [-0.2, 0) is 14.8 Å². The van der Waals surface area contributed by atoms with Crippen molar-refractivity contribution in [1.82, 2.24) is 14.5 Å². The van der Waals surface area contributed by atoms with Crippen molar-refractivity contribution in [1.29, 1.82) is 0 Å². The molecule has 0 unspecified atom stereocenters. The highest BCUT2D eigenvalue weighted by molar-refractivity contribution is 7.89. The second kappa shape index (κ2) is 10.4. The van der Waals surface area contributed by atoms with Crippen molar-refractivity contribution in [3.05, 3.63) is 65.5 Å². The number of hydrogen-bond donors (Lipinski definition) is 1. The number of piperazine rings is 1. The maximum Gasteiger partial charge on any atom is 0.251 e. The molecule has 0 spiro atoms. The molecular weight excluding hydrogens is 461 g/mol. The van der Waals surface area contributed by atoms with Gasteiger partial charge < -0.3 is 10.2 Å². The van der Waals surface area contributed by atoms with Crippen molar-refractivity contribution in [2.45, 2.75) is 31.7 Å². The number of rotatable bonds is 7. The van der Waals surface area contributed by atoms with E-state index in [0.29, 0.717) is 5.56 Å². The Kier molecular flexibility index (Phi) is 7.83. The molecule has 1 N–H and O–H groups in total. The molecule has 182 valence electrons. The smallest absolute Gasteiger partial charge is 0.251 e. The van der Waals surface area contributed by atoms with E-state index in [1.165, 1.54) is 59.8 Å². The minimum atomic E-state index is -3.77. The fourth-order valence-electron chi connectivity index (χ4n) is 3.70. The standard InChI is InChI=1S/C24H28FN3O5S/c1-16(2)22(26-23(30)19-4-8-20(25)9-5-19)24(31)27-12-14-28(15-13-27)34(32,33)21-10-6-18(7-11-21)17(3)29/h4-11,16,22H,12-15H2,1-3H3,(H,26,30)/t22-/m0/s1. The number of amides is 2. The van der Waals surface area contributed by atoms with E-state index in [2.05, 4.69) is 5.32 Å². The lowest BCUT2D eigenvalue weighted by Gasteiger charge is -2.36. The third kappa shape index (κ3) is 5.68. The maximum atomic E-state index is 13.1. The molecule has 3 rings (SSSR count).